The van der Waals surface area contributed by atoms with Gasteiger partial charge in [-0.1, -0.05) is 11.6 Å². The van der Waals surface area contributed by atoms with Gasteiger partial charge < -0.3 is 9.47 Å². The van der Waals surface area contributed by atoms with E-state index >= 15 is 0 Å². The van der Waals surface area contributed by atoms with Gasteiger partial charge in [-0.2, -0.15) is 0 Å². The van der Waals surface area contributed by atoms with Crippen molar-refractivity contribution in [3.8, 4) is 0 Å². The second-order valence-corrected chi connectivity index (χ2v) is 2.25. The highest BCUT2D eigenvalue weighted by molar-refractivity contribution is 4.97. The van der Waals surface area contributed by atoms with Crippen LogP contribution in [0.2, 0.25) is 0 Å². The summed E-state index contributed by atoms with van der Waals surface area (Å²) in [7, 11) is 3.41. The van der Waals surface area contributed by atoms with Crippen LogP contribution in [0.25, 0.3) is 0 Å². The molecule has 0 aromatic heterocycles. The average molecular weight is 144 g/mol. The van der Waals surface area contributed by atoms with E-state index in [1.807, 2.05) is 0 Å². The first kappa shape index (κ1) is 9.66. The summed E-state index contributed by atoms with van der Waals surface area (Å²) in [5, 5.41) is 0. The number of rotatable bonds is 5. The van der Waals surface area contributed by atoms with Crippen molar-refractivity contribution < 1.29 is 9.47 Å². The Morgan fingerprint density at radius 3 is 2.50 bits per heavy atom. The highest BCUT2D eigenvalue weighted by atomic mass is 16.5. The van der Waals surface area contributed by atoms with Gasteiger partial charge in [0.05, 0.1) is 6.61 Å². The van der Waals surface area contributed by atoms with Crippen molar-refractivity contribution >= 4 is 0 Å². The van der Waals surface area contributed by atoms with E-state index in [2.05, 4.69) is 13.0 Å². The third-order valence-corrected chi connectivity index (χ3v) is 1.30. The van der Waals surface area contributed by atoms with E-state index in [0.717, 1.165) is 13.0 Å². The molecular formula is C8H16O2. The van der Waals surface area contributed by atoms with Gasteiger partial charge >= 0.3 is 0 Å². The summed E-state index contributed by atoms with van der Waals surface area (Å²) < 4.78 is 9.79. The molecule has 0 saturated heterocycles. The predicted octanol–water partition coefficient (Wildman–Crippen LogP) is 1.62. The molecule has 0 heterocycles. The maximum Gasteiger partial charge on any atom is 0.0646 e. The predicted molar refractivity (Wildman–Crippen MR) is 42.1 cm³/mol. The Balaban J connectivity index is 3.30. The molecule has 0 aliphatic carbocycles. The molecule has 0 unspecified atom stereocenters. The van der Waals surface area contributed by atoms with E-state index in [9.17, 15) is 0 Å². The van der Waals surface area contributed by atoms with Crippen molar-refractivity contribution in [3.63, 3.8) is 0 Å². The zero-order valence-corrected chi connectivity index (χ0v) is 7.02. The zero-order chi connectivity index (χ0) is 7.82. The highest BCUT2D eigenvalue weighted by Crippen LogP contribution is 1.98. The average Bonchev–Trinajstić information content (AvgIpc) is 1.97. The lowest BCUT2D eigenvalue weighted by Gasteiger charge is -1.98. The van der Waals surface area contributed by atoms with Crippen LogP contribution < -0.4 is 0 Å². The second kappa shape index (κ2) is 6.78. The zero-order valence-electron chi connectivity index (χ0n) is 7.02. The van der Waals surface area contributed by atoms with Crippen LogP contribution in [0.15, 0.2) is 11.6 Å². The van der Waals surface area contributed by atoms with Gasteiger partial charge in [0.2, 0.25) is 0 Å². The van der Waals surface area contributed by atoms with E-state index in [4.69, 9.17) is 9.47 Å². The van der Waals surface area contributed by atoms with Crippen molar-refractivity contribution in [1.82, 2.24) is 0 Å². The van der Waals surface area contributed by atoms with Gasteiger partial charge in [-0.05, 0) is 13.3 Å². The maximum absolute atomic E-state index is 4.91. The maximum atomic E-state index is 4.91. The van der Waals surface area contributed by atoms with Crippen molar-refractivity contribution in [2.24, 2.45) is 0 Å². The largest absolute Gasteiger partial charge is 0.384 e. The molecule has 0 aliphatic heterocycles. The normalized spacial score (nSPS) is 12.1. The lowest BCUT2D eigenvalue weighted by atomic mass is 10.2. The quantitative estimate of drug-likeness (QED) is 0.546. The van der Waals surface area contributed by atoms with Gasteiger partial charge in [0.25, 0.3) is 0 Å². The van der Waals surface area contributed by atoms with Crippen LogP contribution in [0.5, 0.6) is 0 Å². The van der Waals surface area contributed by atoms with E-state index in [-0.39, 0.29) is 0 Å². The summed E-state index contributed by atoms with van der Waals surface area (Å²) in [5.41, 5.74) is 1.32. The fourth-order valence-electron chi connectivity index (χ4n) is 0.591. The summed E-state index contributed by atoms with van der Waals surface area (Å²) in [6.45, 7) is 3.58. The Morgan fingerprint density at radius 2 is 2.00 bits per heavy atom. The molecule has 0 saturated carbocycles. The molecule has 2 heteroatoms. The molecule has 10 heavy (non-hydrogen) atoms. The minimum Gasteiger partial charge on any atom is -0.384 e. The molecule has 0 rings (SSSR count). The molecule has 0 atom stereocenters. The molecule has 0 aromatic carbocycles. The highest BCUT2D eigenvalue weighted by Gasteiger charge is 1.87. The SMILES string of the molecule is COC/C=C(/C)CCOC. The molecular weight excluding hydrogens is 128 g/mol. The molecule has 0 fully saturated rings. The number of hydrogen-bond donors (Lipinski definition) is 0. The summed E-state index contributed by atoms with van der Waals surface area (Å²) >= 11 is 0. The summed E-state index contributed by atoms with van der Waals surface area (Å²) in [5.74, 6) is 0. The number of hydrogen-bond acceptors (Lipinski definition) is 2. The van der Waals surface area contributed by atoms with E-state index in [0.29, 0.717) is 6.61 Å². The first-order chi connectivity index (χ1) is 4.81. The van der Waals surface area contributed by atoms with Gasteiger partial charge in [0.1, 0.15) is 0 Å². The monoisotopic (exact) mass is 144 g/mol. The molecule has 0 spiro atoms. The Kier molecular flexibility index (Phi) is 6.55. The van der Waals surface area contributed by atoms with Gasteiger partial charge in [-0.25, -0.2) is 0 Å². The summed E-state index contributed by atoms with van der Waals surface area (Å²) in [6, 6.07) is 0. The summed E-state index contributed by atoms with van der Waals surface area (Å²) in [4.78, 5) is 0. The van der Waals surface area contributed by atoms with E-state index < -0.39 is 0 Å². The van der Waals surface area contributed by atoms with Crippen LogP contribution in [-0.2, 0) is 9.47 Å². The number of ether oxygens (including phenoxy) is 2. The van der Waals surface area contributed by atoms with Gasteiger partial charge in [-0.15, -0.1) is 0 Å². The molecule has 0 amide bonds. The number of methoxy groups -OCH3 is 2. The molecule has 0 bridgehead atoms. The second-order valence-electron chi connectivity index (χ2n) is 2.25. The minimum absolute atomic E-state index is 0.704. The third-order valence-electron chi connectivity index (χ3n) is 1.30. The van der Waals surface area contributed by atoms with Crippen LogP contribution in [0.3, 0.4) is 0 Å². The minimum atomic E-state index is 0.704. The Hall–Kier alpha value is -0.340. The Morgan fingerprint density at radius 1 is 1.30 bits per heavy atom. The van der Waals surface area contributed by atoms with Crippen LogP contribution in [-0.4, -0.2) is 27.4 Å². The van der Waals surface area contributed by atoms with Gasteiger partial charge in [0.15, 0.2) is 0 Å². The van der Waals surface area contributed by atoms with Gasteiger partial charge in [-0.3, -0.25) is 0 Å². The van der Waals surface area contributed by atoms with E-state index in [1.165, 1.54) is 5.57 Å². The summed E-state index contributed by atoms with van der Waals surface area (Å²) in [6.07, 6.45) is 3.07. The topological polar surface area (TPSA) is 18.5 Å². The lowest BCUT2D eigenvalue weighted by molar-refractivity contribution is 0.201. The van der Waals surface area contributed by atoms with Crippen LogP contribution in [0.1, 0.15) is 13.3 Å². The molecule has 0 aromatic rings. The molecule has 0 radical (unpaired) electrons. The molecule has 0 N–H and O–H groups in total. The first-order valence-corrected chi connectivity index (χ1v) is 3.44. The third kappa shape index (κ3) is 5.79. The fraction of sp³-hybridized carbons (Fsp3) is 0.750. The van der Waals surface area contributed by atoms with Crippen molar-refractivity contribution in [2.45, 2.75) is 13.3 Å². The van der Waals surface area contributed by atoms with Crippen molar-refractivity contribution in [1.29, 1.82) is 0 Å². The lowest BCUT2D eigenvalue weighted by Crippen LogP contribution is -1.91. The van der Waals surface area contributed by atoms with E-state index in [1.54, 1.807) is 14.2 Å². The van der Waals surface area contributed by atoms with Crippen LogP contribution in [0.4, 0.5) is 0 Å². The van der Waals surface area contributed by atoms with Crippen molar-refractivity contribution in [2.75, 3.05) is 27.4 Å². The van der Waals surface area contributed by atoms with Crippen LogP contribution >= 0.6 is 0 Å². The molecule has 60 valence electrons. The van der Waals surface area contributed by atoms with Gasteiger partial charge in [0, 0.05) is 20.8 Å². The molecule has 2 nitrogen and oxygen atoms in total. The standard InChI is InChI=1S/C8H16O2/c1-8(4-6-9-2)5-7-10-3/h4H,5-7H2,1-3H3/b8-4-. The van der Waals surface area contributed by atoms with Crippen molar-refractivity contribution in [3.05, 3.63) is 11.6 Å². The fourth-order valence-corrected chi connectivity index (χ4v) is 0.591. The Bertz CT molecular complexity index is 97.4. The molecule has 0 aliphatic rings. The van der Waals surface area contributed by atoms with Crippen LogP contribution in [0, 0.1) is 0 Å². The smallest absolute Gasteiger partial charge is 0.0646 e. The first-order valence-electron chi connectivity index (χ1n) is 3.44. The Labute approximate surface area is 62.8 Å².